The molecule has 1 rings (SSSR count). The second-order valence-corrected chi connectivity index (χ2v) is 5.99. The molecule has 6 nitrogen and oxygen atoms in total. The van der Waals surface area contributed by atoms with E-state index in [1.807, 2.05) is 33.8 Å². The number of para-hydroxylation sites is 2. The molecule has 0 saturated carbocycles. The second kappa shape index (κ2) is 10.1. The Morgan fingerprint density at radius 1 is 1.09 bits per heavy atom. The lowest BCUT2D eigenvalue weighted by atomic mass is 10.3. The van der Waals surface area contributed by atoms with Gasteiger partial charge in [-0.05, 0) is 26.0 Å². The van der Waals surface area contributed by atoms with E-state index in [4.69, 9.17) is 9.47 Å². The summed E-state index contributed by atoms with van der Waals surface area (Å²) >= 11 is 0. The van der Waals surface area contributed by atoms with Crippen LogP contribution in [0, 0.1) is 0 Å². The van der Waals surface area contributed by atoms with Crippen LogP contribution in [0.1, 0.15) is 27.7 Å². The van der Waals surface area contributed by atoms with Crippen molar-refractivity contribution in [2.75, 3.05) is 19.8 Å². The quantitative estimate of drug-likeness (QED) is 0.605. The largest absolute Gasteiger partial charge is 0.487 e. The van der Waals surface area contributed by atoms with Crippen molar-refractivity contribution < 1.29 is 19.4 Å². The molecule has 6 heteroatoms. The zero-order valence-corrected chi connectivity index (χ0v) is 14.3. The molecule has 1 aromatic carbocycles. The number of carbonyl (C=O) groups is 1. The summed E-state index contributed by atoms with van der Waals surface area (Å²) in [7, 11) is 0. The molecule has 130 valence electrons. The van der Waals surface area contributed by atoms with E-state index in [0.717, 1.165) is 0 Å². The standard InChI is InChI=1S/C17H28N2O4/c1-12(2)18-9-14(20)10-22-15-7-5-6-8-16(15)23-11-17(21)19-13(3)4/h5-8,12-14,18,20H,9-11H2,1-4H3,(H,19,21). The maximum absolute atomic E-state index is 11.6. The second-order valence-electron chi connectivity index (χ2n) is 5.99. The van der Waals surface area contributed by atoms with E-state index in [1.54, 1.807) is 18.2 Å². The third kappa shape index (κ3) is 8.42. The zero-order valence-electron chi connectivity index (χ0n) is 14.3. The molecule has 0 bridgehead atoms. The van der Waals surface area contributed by atoms with Crippen LogP contribution >= 0.6 is 0 Å². The third-order valence-corrected chi connectivity index (χ3v) is 2.85. The lowest BCUT2D eigenvalue weighted by molar-refractivity contribution is -0.123. The molecule has 0 saturated heterocycles. The number of ether oxygens (including phenoxy) is 2. The van der Waals surface area contributed by atoms with Gasteiger partial charge in [-0.1, -0.05) is 26.0 Å². The summed E-state index contributed by atoms with van der Waals surface area (Å²) in [6.45, 7) is 8.34. The van der Waals surface area contributed by atoms with Crippen LogP contribution in [0.15, 0.2) is 24.3 Å². The summed E-state index contributed by atoms with van der Waals surface area (Å²) in [4.78, 5) is 11.6. The van der Waals surface area contributed by atoms with E-state index in [2.05, 4.69) is 10.6 Å². The summed E-state index contributed by atoms with van der Waals surface area (Å²) in [6, 6.07) is 7.48. The smallest absolute Gasteiger partial charge is 0.258 e. The summed E-state index contributed by atoms with van der Waals surface area (Å²) in [5, 5.41) is 15.8. The molecule has 1 atom stereocenters. The average molecular weight is 324 g/mol. The molecule has 23 heavy (non-hydrogen) atoms. The van der Waals surface area contributed by atoms with E-state index < -0.39 is 6.10 Å². The van der Waals surface area contributed by atoms with Crippen LogP contribution in [-0.4, -0.2) is 49.0 Å². The minimum Gasteiger partial charge on any atom is -0.487 e. The predicted molar refractivity (Wildman–Crippen MR) is 89.9 cm³/mol. The molecule has 0 radical (unpaired) electrons. The first-order valence-electron chi connectivity index (χ1n) is 7.94. The predicted octanol–water partition coefficient (Wildman–Crippen LogP) is 1.33. The fourth-order valence-electron chi connectivity index (χ4n) is 1.81. The van der Waals surface area contributed by atoms with E-state index in [9.17, 15) is 9.90 Å². The molecule has 0 aliphatic rings. The fourth-order valence-corrected chi connectivity index (χ4v) is 1.81. The van der Waals surface area contributed by atoms with Crippen molar-refractivity contribution in [2.24, 2.45) is 0 Å². The Labute approximate surface area is 138 Å². The Morgan fingerprint density at radius 2 is 1.70 bits per heavy atom. The third-order valence-electron chi connectivity index (χ3n) is 2.85. The van der Waals surface area contributed by atoms with Crippen molar-refractivity contribution in [1.82, 2.24) is 10.6 Å². The minimum absolute atomic E-state index is 0.0706. The average Bonchev–Trinajstić information content (AvgIpc) is 2.49. The molecule has 1 amide bonds. The Balaban J connectivity index is 2.48. The molecule has 1 unspecified atom stereocenters. The van der Waals surface area contributed by atoms with Crippen LogP contribution in [0.5, 0.6) is 11.5 Å². The van der Waals surface area contributed by atoms with Crippen molar-refractivity contribution in [3.63, 3.8) is 0 Å². The Kier molecular flexibility index (Phi) is 8.43. The van der Waals surface area contributed by atoms with Crippen molar-refractivity contribution in [3.05, 3.63) is 24.3 Å². The SMILES string of the molecule is CC(C)NCC(O)COc1ccccc1OCC(=O)NC(C)C. The summed E-state index contributed by atoms with van der Waals surface area (Å²) in [5.41, 5.74) is 0. The first-order valence-corrected chi connectivity index (χ1v) is 7.94. The maximum Gasteiger partial charge on any atom is 0.258 e. The highest BCUT2D eigenvalue weighted by Gasteiger charge is 2.11. The van der Waals surface area contributed by atoms with Gasteiger partial charge in [-0.25, -0.2) is 0 Å². The monoisotopic (exact) mass is 324 g/mol. The lowest BCUT2D eigenvalue weighted by Gasteiger charge is -2.17. The molecule has 0 aliphatic heterocycles. The van der Waals surface area contributed by atoms with Gasteiger partial charge in [0.2, 0.25) is 0 Å². The summed E-state index contributed by atoms with van der Waals surface area (Å²) in [6.07, 6.45) is -0.616. The lowest BCUT2D eigenvalue weighted by Crippen LogP contribution is -2.35. The van der Waals surface area contributed by atoms with E-state index in [1.165, 1.54) is 0 Å². The summed E-state index contributed by atoms with van der Waals surface area (Å²) in [5.74, 6) is 0.805. The van der Waals surface area contributed by atoms with Gasteiger partial charge in [0.05, 0.1) is 0 Å². The van der Waals surface area contributed by atoms with Gasteiger partial charge >= 0.3 is 0 Å². The molecule has 0 fully saturated rings. The van der Waals surface area contributed by atoms with Gasteiger partial charge in [-0.2, -0.15) is 0 Å². The highest BCUT2D eigenvalue weighted by molar-refractivity contribution is 5.77. The molecular weight excluding hydrogens is 296 g/mol. The number of hydrogen-bond acceptors (Lipinski definition) is 5. The van der Waals surface area contributed by atoms with Gasteiger partial charge < -0.3 is 25.2 Å². The number of amides is 1. The van der Waals surface area contributed by atoms with Crippen molar-refractivity contribution in [3.8, 4) is 11.5 Å². The van der Waals surface area contributed by atoms with Gasteiger partial charge in [0.1, 0.15) is 12.7 Å². The van der Waals surface area contributed by atoms with Crippen molar-refractivity contribution in [2.45, 2.75) is 45.9 Å². The minimum atomic E-state index is -0.616. The number of aliphatic hydroxyl groups excluding tert-OH is 1. The van der Waals surface area contributed by atoms with E-state index in [-0.39, 0.29) is 25.2 Å². The highest BCUT2D eigenvalue weighted by atomic mass is 16.5. The molecule has 0 heterocycles. The van der Waals surface area contributed by atoms with E-state index >= 15 is 0 Å². The number of aliphatic hydroxyl groups is 1. The van der Waals surface area contributed by atoms with Gasteiger partial charge in [0, 0.05) is 18.6 Å². The summed E-state index contributed by atoms with van der Waals surface area (Å²) < 4.78 is 11.1. The van der Waals surface area contributed by atoms with Gasteiger partial charge in [-0.3, -0.25) is 4.79 Å². The van der Waals surface area contributed by atoms with Crippen LogP contribution in [0.25, 0.3) is 0 Å². The molecular formula is C17H28N2O4. The fraction of sp³-hybridized carbons (Fsp3) is 0.588. The Morgan fingerprint density at radius 3 is 2.26 bits per heavy atom. The zero-order chi connectivity index (χ0) is 17.2. The molecule has 3 N–H and O–H groups in total. The van der Waals surface area contributed by atoms with Crippen LogP contribution < -0.4 is 20.1 Å². The normalized spacial score (nSPS) is 12.3. The number of hydrogen-bond donors (Lipinski definition) is 3. The Hall–Kier alpha value is -1.79. The van der Waals surface area contributed by atoms with Gasteiger partial charge in [-0.15, -0.1) is 0 Å². The van der Waals surface area contributed by atoms with E-state index in [0.29, 0.717) is 24.1 Å². The van der Waals surface area contributed by atoms with Gasteiger partial charge in [0.15, 0.2) is 18.1 Å². The molecule has 0 aromatic heterocycles. The number of carbonyl (C=O) groups excluding carboxylic acids is 1. The Bertz CT molecular complexity index is 477. The number of rotatable bonds is 10. The van der Waals surface area contributed by atoms with Crippen molar-refractivity contribution in [1.29, 1.82) is 0 Å². The molecule has 1 aromatic rings. The van der Waals surface area contributed by atoms with Crippen molar-refractivity contribution >= 4 is 5.91 Å². The van der Waals surface area contributed by atoms with Crippen LogP contribution in [-0.2, 0) is 4.79 Å². The topological polar surface area (TPSA) is 79.8 Å². The first kappa shape index (κ1) is 19.3. The highest BCUT2D eigenvalue weighted by Crippen LogP contribution is 2.26. The van der Waals surface area contributed by atoms with Crippen LogP contribution in [0.3, 0.4) is 0 Å². The van der Waals surface area contributed by atoms with Crippen LogP contribution in [0.4, 0.5) is 0 Å². The first-order chi connectivity index (χ1) is 10.9. The molecule has 0 aliphatic carbocycles. The number of benzene rings is 1. The van der Waals surface area contributed by atoms with Crippen LogP contribution in [0.2, 0.25) is 0 Å². The van der Waals surface area contributed by atoms with Gasteiger partial charge in [0.25, 0.3) is 5.91 Å². The maximum atomic E-state index is 11.6. The molecule has 0 spiro atoms. The number of nitrogens with one attached hydrogen (secondary N) is 2.